The zero-order chi connectivity index (χ0) is 16.8. The molecule has 0 unspecified atom stereocenters. The Balaban J connectivity index is 1.47. The van der Waals surface area contributed by atoms with E-state index in [4.69, 9.17) is 4.42 Å². The zero-order valence-corrected chi connectivity index (χ0v) is 15.0. The molecule has 0 radical (unpaired) electrons. The first-order valence-electron chi connectivity index (χ1n) is 7.65. The first-order valence-corrected chi connectivity index (χ1v) is 9.52. The van der Waals surface area contributed by atoms with E-state index in [1.54, 1.807) is 29.4 Å². The molecule has 2 aromatic heterocycles. The van der Waals surface area contributed by atoms with Gasteiger partial charge in [0.25, 0.3) is 5.91 Å². The molecule has 0 aliphatic carbocycles. The molecule has 1 amide bonds. The van der Waals surface area contributed by atoms with Gasteiger partial charge in [-0.2, -0.15) is 0 Å². The fourth-order valence-electron chi connectivity index (χ4n) is 2.15. The summed E-state index contributed by atoms with van der Waals surface area (Å²) in [4.78, 5) is 16.5. The van der Waals surface area contributed by atoms with E-state index in [0.29, 0.717) is 18.5 Å². The van der Waals surface area contributed by atoms with Gasteiger partial charge in [-0.25, -0.2) is 4.98 Å². The van der Waals surface area contributed by atoms with Crippen LogP contribution < -0.4 is 5.32 Å². The maximum atomic E-state index is 12.1. The molecule has 3 aromatic rings. The van der Waals surface area contributed by atoms with E-state index < -0.39 is 0 Å². The number of furan rings is 1. The number of aromatic nitrogens is 1. The minimum absolute atomic E-state index is 0.0590. The van der Waals surface area contributed by atoms with E-state index in [1.165, 1.54) is 5.56 Å². The lowest BCUT2D eigenvalue weighted by molar-refractivity contribution is 0.0953. The van der Waals surface area contributed by atoms with Gasteiger partial charge >= 0.3 is 0 Å². The summed E-state index contributed by atoms with van der Waals surface area (Å²) in [6.07, 6.45) is 2.33. The molecule has 0 saturated carbocycles. The van der Waals surface area contributed by atoms with Crippen molar-refractivity contribution in [3.8, 4) is 0 Å². The third kappa shape index (κ3) is 4.72. The van der Waals surface area contributed by atoms with E-state index in [0.717, 1.165) is 21.5 Å². The molecule has 0 atom stereocenters. The van der Waals surface area contributed by atoms with Crippen molar-refractivity contribution in [3.63, 3.8) is 0 Å². The number of hydrogen-bond donors (Lipinski definition) is 1. The van der Waals surface area contributed by atoms with Gasteiger partial charge in [0.15, 0.2) is 0 Å². The fraction of sp³-hybridized carbons (Fsp3) is 0.222. The smallest absolute Gasteiger partial charge is 0.251 e. The van der Waals surface area contributed by atoms with Crippen LogP contribution >= 0.6 is 23.1 Å². The Kier molecular flexibility index (Phi) is 5.72. The minimum Gasteiger partial charge on any atom is -0.469 e. The highest BCUT2D eigenvalue weighted by atomic mass is 32.2. The van der Waals surface area contributed by atoms with E-state index in [-0.39, 0.29) is 5.91 Å². The Morgan fingerprint density at radius 3 is 2.79 bits per heavy atom. The van der Waals surface area contributed by atoms with E-state index in [9.17, 15) is 4.79 Å². The van der Waals surface area contributed by atoms with Gasteiger partial charge in [0.2, 0.25) is 0 Å². The van der Waals surface area contributed by atoms with Crippen LogP contribution in [0.3, 0.4) is 0 Å². The van der Waals surface area contributed by atoms with Crippen LogP contribution in [-0.4, -0.2) is 17.4 Å². The Morgan fingerprint density at radius 2 is 2.12 bits per heavy atom. The van der Waals surface area contributed by atoms with Crippen LogP contribution in [0.25, 0.3) is 0 Å². The van der Waals surface area contributed by atoms with Crippen molar-refractivity contribution < 1.29 is 9.21 Å². The standard InChI is InChI=1S/C18H18N2O2S2/c1-13-11-23-18(20-13)24-12-14-4-6-15(7-5-14)17(21)19-9-8-16-3-2-10-22-16/h2-7,10-11H,8-9,12H2,1H3,(H,19,21). The van der Waals surface area contributed by atoms with Crippen molar-refractivity contribution in [3.05, 3.63) is 70.6 Å². The van der Waals surface area contributed by atoms with Crippen LogP contribution in [-0.2, 0) is 12.2 Å². The van der Waals surface area contributed by atoms with Crippen LogP contribution in [0.15, 0.2) is 56.8 Å². The van der Waals surface area contributed by atoms with Crippen LogP contribution in [0.4, 0.5) is 0 Å². The number of carbonyl (C=O) groups excluding carboxylic acids is 1. The number of nitrogens with one attached hydrogen (secondary N) is 1. The van der Waals surface area contributed by atoms with Crippen LogP contribution in [0.5, 0.6) is 0 Å². The van der Waals surface area contributed by atoms with Crippen molar-refractivity contribution in [1.82, 2.24) is 10.3 Å². The van der Waals surface area contributed by atoms with Crippen molar-refractivity contribution in [2.45, 2.75) is 23.4 Å². The molecule has 4 nitrogen and oxygen atoms in total. The number of thiazole rings is 1. The Labute approximate surface area is 149 Å². The number of rotatable bonds is 7. The van der Waals surface area contributed by atoms with E-state index >= 15 is 0 Å². The fourth-order valence-corrected chi connectivity index (χ4v) is 3.96. The summed E-state index contributed by atoms with van der Waals surface area (Å²) in [6, 6.07) is 11.5. The highest BCUT2D eigenvalue weighted by molar-refractivity contribution is 8.00. The molecule has 3 rings (SSSR count). The summed E-state index contributed by atoms with van der Waals surface area (Å²) < 4.78 is 6.32. The third-order valence-corrected chi connectivity index (χ3v) is 5.62. The SMILES string of the molecule is Cc1csc(SCc2ccc(C(=O)NCCc3ccco3)cc2)n1. The van der Waals surface area contributed by atoms with Crippen molar-refractivity contribution in [2.75, 3.05) is 6.54 Å². The van der Waals surface area contributed by atoms with Gasteiger partial charge in [0.05, 0.1) is 6.26 Å². The molecule has 0 spiro atoms. The van der Waals surface area contributed by atoms with Crippen LogP contribution in [0.1, 0.15) is 27.4 Å². The van der Waals surface area contributed by atoms with Crippen molar-refractivity contribution in [2.24, 2.45) is 0 Å². The number of benzene rings is 1. The molecular formula is C18H18N2O2S2. The summed E-state index contributed by atoms with van der Waals surface area (Å²) in [5, 5.41) is 4.96. The number of aryl methyl sites for hydroxylation is 1. The molecule has 2 heterocycles. The van der Waals surface area contributed by atoms with Gasteiger partial charge in [-0.15, -0.1) is 11.3 Å². The second kappa shape index (κ2) is 8.17. The molecule has 1 aromatic carbocycles. The monoisotopic (exact) mass is 358 g/mol. The van der Waals surface area contributed by atoms with E-state index in [2.05, 4.69) is 15.7 Å². The topological polar surface area (TPSA) is 55.1 Å². The summed E-state index contributed by atoms with van der Waals surface area (Å²) >= 11 is 3.38. The van der Waals surface area contributed by atoms with E-state index in [1.807, 2.05) is 43.3 Å². The minimum atomic E-state index is -0.0590. The molecule has 0 aliphatic heterocycles. The second-order valence-corrected chi connectivity index (χ2v) is 7.41. The molecule has 0 fully saturated rings. The summed E-state index contributed by atoms with van der Waals surface area (Å²) in [5.74, 6) is 1.67. The molecule has 0 aliphatic rings. The van der Waals surface area contributed by atoms with Gasteiger partial charge in [0.1, 0.15) is 10.1 Å². The number of hydrogen-bond acceptors (Lipinski definition) is 5. The lowest BCUT2D eigenvalue weighted by Gasteiger charge is -2.05. The normalized spacial score (nSPS) is 10.7. The lowest BCUT2D eigenvalue weighted by atomic mass is 10.1. The highest BCUT2D eigenvalue weighted by Crippen LogP contribution is 2.26. The van der Waals surface area contributed by atoms with Gasteiger partial charge in [-0.3, -0.25) is 4.79 Å². The average molecular weight is 358 g/mol. The Hall–Kier alpha value is -2.05. The van der Waals surface area contributed by atoms with Crippen LogP contribution in [0.2, 0.25) is 0 Å². The maximum absolute atomic E-state index is 12.1. The number of carbonyl (C=O) groups is 1. The Morgan fingerprint density at radius 1 is 1.29 bits per heavy atom. The summed E-state index contributed by atoms with van der Waals surface area (Å²) in [5.41, 5.74) is 2.91. The molecule has 24 heavy (non-hydrogen) atoms. The zero-order valence-electron chi connectivity index (χ0n) is 13.3. The first kappa shape index (κ1) is 16.8. The number of nitrogens with zero attached hydrogens (tertiary/aromatic N) is 1. The van der Waals surface area contributed by atoms with Crippen molar-refractivity contribution in [1.29, 1.82) is 0 Å². The number of thioether (sulfide) groups is 1. The van der Waals surface area contributed by atoms with Crippen molar-refractivity contribution >= 4 is 29.0 Å². The molecule has 0 bridgehead atoms. The quantitative estimate of drug-likeness (QED) is 0.640. The second-order valence-electron chi connectivity index (χ2n) is 5.33. The maximum Gasteiger partial charge on any atom is 0.251 e. The largest absolute Gasteiger partial charge is 0.469 e. The Bertz CT molecular complexity index is 780. The molecule has 124 valence electrons. The first-order chi connectivity index (χ1) is 11.7. The van der Waals surface area contributed by atoms with Crippen LogP contribution in [0, 0.1) is 6.92 Å². The highest BCUT2D eigenvalue weighted by Gasteiger charge is 2.06. The average Bonchev–Trinajstić information content (AvgIpc) is 3.25. The predicted molar refractivity (Wildman–Crippen MR) is 97.6 cm³/mol. The summed E-state index contributed by atoms with van der Waals surface area (Å²) in [7, 11) is 0. The van der Waals surface area contributed by atoms with Gasteiger partial charge in [0, 0.05) is 35.4 Å². The van der Waals surface area contributed by atoms with Gasteiger partial charge in [-0.05, 0) is 36.8 Å². The molecule has 6 heteroatoms. The summed E-state index contributed by atoms with van der Waals surface area (Å²) in [6.45, 7) is 2.56. The van der Waals surface area contributed by atoms with Gasteiger partial charge in [-0.1, -0.05) is 23.9 Å². The molecule has 1 N–H and O–H groups in total. The predicted octanol–water partition coefficient (Wildman–Crippen LogP) is 4.31. The third-order valence-electron chi connectivity index (χ3n) is 3.41. The molecular weight excluding hydrogens is 340 g/mol. The number of amides is 1. The molecule has 0 saturated heterocycles. The van der Waals surface area contributed by atoms with Gasteiger partial charge < -0.3 is 9.73 Å². The lowest BCUT2D eigenvalue weighted by Crippen LogP contribution is -2.25.